The summed E-state index contributed by atoms with van der Waals surface area (Å²) in [5.41, 5.74) is 2.49. The molecule has 1 aliphatic heterocycles. The van der Waals surface area contributed by atoms with Gasteiger partial charge in [0.15, 0.2) is 5.82 Å². The molecule has 1 aliphatic rings. The van der Waals surface area contributed by atoms with Crippen LogP contribution < -0.4 is 5.32 Å². The van der Waals surface area contributed by atoms with Crippen LogP contribution in [-0.2, 0) is 0 Å². The van der Waals surface area contributed by atoms with Crippen LogP contribution in [0.3, 0.4) is 0 Å². The van der Waals surface area contributed by atoms with Crippen LogP contribution >= 0.6 is 0 Å². The number of aromatic nitrogens is 4. The summed E-state index contributed by atoms with van der Waals surface area (Å²) >= 11 is 0. The van der Waals surface area contributed by atoms with E-state index in [9.17, 15) is 4.79 Å². The molecule has 0 bridgehead atoms. The number of likely N-dealkylation sites (tertiary alicyclic amines) is 1. The Morgan fingerprint density at radius 1 is 1.23 bits per heavy atom. The number of urea groups is 1. The van der Waals surface area contributed by atoms with Gasteiger partial charge in [-0.2, -0.15) is 5.10 Å². The molecule has 3 heterocycles. The fourth-order valence-corrected chi connectivity index (χ4v) is 3.45. The fraction of sp³-hybridized carbons (Fsp3) is 0.368. The minimum absolute atomic E-state index is 0.0993. The molecule has 0 radical (unpaired) electrons. The Balaban J connectivity index is 1.52. The molecule has 1 aromatic carbocycles. The van der Waals surface area contributed by atoms with E-state index in [0.717, 1.165) is 53.3 Å². The molecule has 2 amide bonds. The van der Waals surface area contributed by atoms with Crippen LogP contribution in [-0.4, -0.2) is 44.2 Å². The summed E-state index contributed by atoms with van der Waals surface area (Å²) < 4.78 is 0. The van der Waals surface area contributed by atoms with Crippen molar-refractivity contribution in [1.82, 2.24) is 25.1 Å². The molecule has 2 aromatic heterocycles. The third-order valence-electron chi connectivity index (χ3n) is 4.79. The lowest BCUT2D eigenvalue weighted by molar-refractivity contribution is 0.191. The predicted octanol–water partition coefficient (Wildman–Crippen LogP) is 3.38. The summed E-state index contributed by atoms with van der Waals surface area (Å²) in [4.78, 5) is 23.7. The van der Waals surface area contributed by atoms with E-state index in [-0.39, 0.29) is 11.9 Å². The highest BCUT2D eigenvalue weighted by Crippen LogP contribution is 2.26. The molecular formula is C19H22N6O. The number of nitrogens with zero attached hydrogens (tertiary/aromatic N) is 4. The maximum Gasteiger partial charge on any atom is 0.321 e. The smallest absolute Gasteiger partial charge is 0.321 e. The SMILES string of the molecule is Cc1ccc2cccc(NC(=O)N3CCC[C@H](c4n[nH]c(C)n4)C3)c2n1. The Hall–Kier alpha value is -2.96. The number of anilines is 1. The second-order valence-corrected chi connectivity index (χ2v) is 6.82. The van der Waals surface area contributed by atoms with Crippen molar-refractivity contribution >= 4 is 22.6 Å². The van der Waals surface area contributed by atoms with Crippen molar-refractivity contribution in [2.24, 2.45) is 0 Å². The van der Waals surface area contributed by atoms with Gasteiger partial charge >= 0.3 is 6.03 Å². The fourth-order valence-electron chi connectivity index (χ4n) is 3.45. The first kappa shape index (κ1) is 16.5. The van der Waals surface area contributed by atoms with E-state index in [1.54, 1.807) is 0 Å². The van der Waals surface area contributed by atoms with E-state index >= 15 is 0 Å². The molecule has 134 valence electrons. The number of carbonyl (C=O) groups is 1. The molecule has 1 fully saturated rings. The maximum absolute atomic E-state index is 12.8. The number of piperidine rings is 1. The van der Waals surface area contributed by atoms with Crippen molar-refractivity contribution in [2.75, 3.05) is 18.4 Å². The van der Waals surface area contributed by atoms with Crippen molar-refractivity contribution in [3.8, 4) is 0 Å². The van der Waals surface area contributed by atoms with Gasteiger partial charge < -0.3 is 10.2 Å². The third kappa shape index (κ3) is 3.24. The van der Waals surface area contributed by atoms with E-state index in [4.69, 9.17) is 0 Å². The second kappa shape index (κ2) is 6.74. The summed E-state index contributed by atoms with van der Waals surface area (Å²) in [6, 6.07) is 9.73. The Labute approximate surface area is 151 Å². The van der Waals surface area contributed by atoms with Crippen LogP contribution in [0.2, 0.25) is 0 Å². The molecule has 0 unspecified atom stereocenters. The minimum atomic E-state index is -0.0993. The highest BCUT2D eigenvalue weighted by molar-refractivity contribution is 5.99. The number of nitrogens with one attached hydrogen (secondary N) is 2. The summed E-state index contributed by atoms with van der Waals surface area (Å²) in [7, 11) is 0. The number of carbonyl (C=O) groups excluding carboxylic acids is 1. The average molecular weight is 350 g/mol. The zero-order valence-electron chi connectivity index (χ0n) is 15.0. The highest BCUT2D eigenvalue weighted by atomic mass is 16.2. The van der Waals surface area contributed by atoms with Crippen LogP contribution in [0, 0.1) is 13.8 Å². The second-order valence-electron chi connectivity index (χ2n) is 6.82. The number of aryl methyl sites for hydroxylation is 2. The molecule has 7 heteroatoms. The van der Waals surface area contributed by atoms with Gasteiger partial charge in [-0.05, 0) is 38.8 Å². The number of fused-ring (bicyclic) bond motifs is 1. The monoisotopic (exact) mass is 350 g/mol. The van der Waals surface area contributed by atoms with Crippen LogP contribution in [0.15, 0.2) is 30.3 Å². The first-order chi connectivity index (χ1) is 12.6. The van der Waals surface area contributed by atoms with Crippen molar-refractivity contribution in [1.29, 1.82) is 0 Å². The van der Waals surface area contributed by atoms with E-state index in [0.29, 0.717) is 6.54 Å². The Bertz CT molecular complexity index is 950. The van der Waals surface area contributed by atoms with Gasteiger partial charge in [0.1, 0.15) is 5.82 Å². The average Bonchev–Trinajstić information content (AvgIpc) is 3.09. The first-order valence-corrected chi connectivity index (χ1v) is 8.91. The highest BCUT2D eigenvalue weighted by Gasteiger charge is 2.27. The molecular weight excluding hydrogens is 328 g/mol. The topological polar surface area (TPSA) is 86.8 Å². The predicted molar refractivity (Wildman–Crippen MR) is 100 cm³/mol. The molecule has 1 saturated heterocycles. The van der Waals surface area contributed by atoms with Crippen molar-refractivity contribution in [3.05, 3.63) is 47.7 Å². The molecule has 3 aromatic rings. The lowest BCUT2D eigenvalue weighted by atomic mass is 9.97. The van der Waals surface area contributed by atoms with Crippen LogP contribution in [0.25, 0.3) is 10.9 Å². The van der Waals surface area contributed by atoms with E-state index < -0.39 is 0 Å². The summed E-state index contributed by atoms with van der Waals surface area (Å²) in [5.74, 6) is 1.77. The number of H-pyrrole nitrogens is 1. The number of hydrogen-bond acceptors (Lipinski definition) is 4. The van der Waals surface area contributed by atoms with E-state index in [1.165, 1.54) is 0 Å². The summed E-state index contributed by atoms with van der Waals surface area (Å²) in [6.07, 6.45) is 1.94. The molecule has 0 aliphatic carbocycles. The van der Waals surface area contributed by atoms with Gasteiger partial charge in [0.05, 0.1) is 11.2 Å². The molecule has 2 N–H and O–H groups in total. The van der Waals surface area contributed by atoms with Gasteiger partial charge in [-0.1, -0.05) is 18.2 Å². The molecule has 4 rings (SSSR count). The number of pyridine rings is 1. The zero-order chi connectivity index (χ0) is 18.1. The lowest BCUT2D eigenvalue weighted by Gasteiger charge is -2.31. The maximum atomic E-state index is 12.8. The first-order valence-electron chi connectivity index (χ1n) is 8.91. The molecule has 7 nitrogen and oxygen atoms in total. The van der Waals surface area contributed by atoms with Crippen molar-refractivity contribution < 1.29 is 4.79 Å². The number of benzene rings is 1. The number of aromatic amines is 1. The van der Waals surface area contributed by atoms with Gasteiger partial charge in [-0.25, -0.2) is 9.78 Å². The normalized spacial score (nSPS) is 17.5. The lowest BCUT2D eigenvalue weighted by Crippen LogP contribution is -2.41. The zero-order valence-corrected chi connectivity index (χ0v) is 15.0. The van der Waals surface area contributed by atoms with Gasteiger partial charge in [0.25, 0.3) is 0 Å². The molecule has 26 heavy (non-hydrogen) atoms. The standard InChI is InChI=1S/C19H22N6O/c1-12-8-9-14-5-3-7-16(17(14)20-12)22-19(26)25-10-4-6-15(11-25)18-21-13(2)23-24-18/h3,5,7-9,15H,4,6,10-11H2,1-2H3,(H,22,26)(H,21,23,24)/t15-/m0/s1. The number of hydrogen-bond donors (Lipinski definition) is 2. The van der Waals surface area contributed by atoms with Crippen molar-refractivity contribution in [2.45, 2.75) is 32.6 Å². The van der Waals surface area contributed by atoms with Crippen LogP contribution in [0.4, 0.5) is 10.5 Å². The van der Waals surface area contributed by atoms with Gasteiger partial charge in [-0.3, -0.25) is 10.1 Å². The van der Waals surface area contributed by atoms with Crippen molar-refractivity contribution in [3.63, 3.8) is 0 Å². The summed E-state index contributed by atoms with van der Waals surface area (Å²) in [6.45, 7) is 5.20. The number of amides is 2. The van der Waals surface area contributed by atoms with E-state index in [2.05, 4.69) is 25.5 Å². The Kier molecular flexibility index (Phi) is 4.28. The largest absolute Gasteiger partial charge is 0.324 e. The molecule has 0 spiro atoms. The third-order valence-corrected chi connectivity index (χ3v) is 4.79. The molecule has 1 atom stereocenters. The Morgan fingerprint density at radius 2 is 2.12 bits per heavy atom. The summed E-state index contributed by atoms with van der Waals surface area (Å²) in [5, 5.41) is 11.2. The quantitative estimate of drug-likeness (QED) is 0.742. The number of para-hydroxylation sites is 1. The molecule has 0 saturated carbocycles. The van der Waals surface area contributed by atoms with Gasteiger partial charge in [0.2, 0.25) is 0 Å². The van der Waals surface area contributed by atoms with Crippen LogP contribution in [0.1, 0.15) is 36.1 Å². The number of rotatable bonds is 2. The van der Waals surface area contributed by atoms with Gasteiger partial charge in [0, 0.05) is 30.1 Å². The Morgan fingerprint density at radius 3 is 2.92 bits per heavy atom. The minimum Gasteiger partial charge on any atom is -0.324 e. The van der Waals surface area contributed by atoms with Gasteiger partial charge in [-0.15, -0.1) is 0 Å². The van der Waals surface area contributed by atoms with Crippen LogP contribution in [0.5, 0.6) is 0 Å². The van der Waals surface area contributed by atoms with E-state index in [1.807, 2.05) is 49.1 Å².